The van der Waals surface area contributed by atoms with Crippen LogP contribution in [0.15, 0.2) is 59.5 Å². The molecule has 2 aromatic carbocycles. The molecule has 0 radical (unpaired) electrons. The fraction of sp³-hybridized carbons (Fsp3) is 0.462. The standard InChI is InChI=1S/C26H37N3O5S/c1-6-20(2)27-26(31)21(3)29(19-22-12-10-13-23(18-22)34-5)25(30)16-11-17-28(4)35(32,33)24-14-8-7-9-15-24/h7-10,12-15,18,20-21H,6,11,16-17,19H2,1-5H3,(H,27,31)/t20-,21+/m0/s1. The molecule has 0 heterocycles. The number of ether oxygens (including phenoxy) is 1. The summed E-state index contributed by atoms with van der Waals surface area (Å²) in [6, 6.07) is 14.9. The van der Waals surface area contributed by atoms with Crippen molar-refractivity contribution in [1.29, 1.82) is 0 Å². The third-order valence-electron chi connectivity index (χ3n) is 5.97. The van der Waals surface area contributed by atoms with Gasteiger partial charge in [-0.15, -0.1) is 0 Å². The van der Waals surface area contributed by atoms with Crippen molar-refractivity contribution in [2.45, 2.75) is 63.6 Å². The van der Waals surface area contributed by atoms with E-state index in [4.69, 9.17) is 4.74 Å². The third kappa shape index (κ3) is 8.07. The Bertz CT molecular complexity index is 1080. The highest BCUT2D eigenvalue weighted by atomic mass is 32.2. The van der Waals surface area contributed by atoms with Crippen LogP contribution in [0.3, 0.4) is 0 Å². The van der Waals surface area contributed by atoms with Gasteiger partial charge in [-0.05, 0) is 56.5 Å². The van der Waals surface area contributed by atoms with Crippen molar-refractivity contribution < 1.29 is 22.7 Å². The number of benzene rings is 2. The summed E-state index contributed by atoms with van der Waals surface area (Å²) < 4.78 is 32.0. The molecule has 0 saturated heterocycles. The lowest BCUT2D eigenvalue weighted by Gasteiger charge is -2.30. The van der Waals surface area contributed by atoms with Crippen molar-refractivity contribution in [3.05, 3.63) is 60.2 Å². The summed E-state index contributed by atoms with van der Waals surface area (Å²) in [5.74, 6) is 0.226. The van der Waals surface area contributed by atoms with Crippen molar-refractivity contribution in [2.24, 2.45) is 0 Å². The van der Waals surface area contributed by atoms with E-state index in [-0.39, 0.29) is 42.3 Å². The fourth-order valence-electron chi connectivity index (χ4n) is 3.50. The maximum Gasteiger partial charge on any atom is 0.242 e. The maximum absolute atomic E-state index is 13.3. The average molecular weight is 504 g/mol. The van der Waals surface area contributed by atoms with Gasteiger partial charge in [0, 0.05) is 32.6 Å². The number of nitrogens with zero attached hydrogens (tertiary/aromatic N) is 2. The summed E-state index contributed by atoms with van der Waals surface area (Å²) >= 11 is 0. The molecule has 0 fully saturated rings. The predicted octanol–water partition coefficient (Wildman–Crippen LogP) is 3.43. The van der Waals surface area contributed by atoms with E-state index in [1.54, 1.807) is 44.4 Å². The lowest BCUT2D eigenvalue weighted by atomic mass is 10.1. The van der Waals surface area contributed by atoms with Gasteiger partial charge in [0.05, 0.1) is 12.0 Å². The van der Waals surface area contributed by atoms with Crippen molar-refractivity contribution in [3.63, 3.8) is 0 Å². The van der Waals surface area contributed by atoms with Gasteiger partial charge in [0.1, 0.15) is 11.8 Å². The van der Waals surface area contributed by atoms with Gasteiger partial charge < -0.3 is 15.0 Å². The zero-order valence-corrected chi connectivity index (χ0v) is 22.0. The van der Waals surface area contributed by atoms with Crippen LogP contribution in [-0.2, 0) is 26.2 Å². The van der Waals surface area contributed by atoms with Crippen LogP contribution in [0.1, 0.15) is 45.6 Å². The van der Waals surface area contributed by atoms with E-state index in [1.807, 2.05) is 38.1 Å². The number of hydrogen-bond acceptors (Lipinski definition) is 5. The van der Waals surface area contributed by atoms with E-state index < -0.39 is 16.1 Å². The molecule has 35 heavy (non-hydrogen) atoms. The predicted molar refractivity (Wildman–Crippen MR) is 136 cm³/mol. The largest absolute Gasteiger partial charge is 0.497 e. The maximum atomic E-state index is 13.3. The first-order chi connectivity index (χ1) is 16.6. The summed E-state index contributed by atoms with van der Waals surface area (Å²) in [5.41, 5.74) is 0.838. The van der Waals surface area contributed by atoms with E-state index in [0.717, 1.165) is 12.0 Å². The Balaban J connectivity index is 2.11. The Hall–Kier alpha value is -2.91. The first kappa shape index (κ1) is 28.3. The fourth-order valence-corrected chi connectivity index (χ4v) is 4.74. The van der Waals surface area contributed by atoms with Crippen LogP contribution in [0.4, 0.5) is 0 Å². The Morgan fingerprint density at radius 2 is 1.74 bits per heavy atom. The molecule has 2 atom stereocenters. The molecule has 192 valence electrons. The molecule has 0 aliphatic carbocycles. The summed E-state index contributed by atoms with van der Waals surface area (Å²) in [5, 5.41) is 2.94. The number of methoxy groups -OCH3 is 1. The van der Waals surface area contributed by atoms with Crippen LogP contribution in [0.5, 0.6) is 5.75 Å². The monoisotopic (exact) mass is 503 g/mol. The molecule has 0 aliphatic heterocycles. The molecule has 9 heteroatoms. The summed E-state index contributed by atoms with van der Waals surface area (Å²) in [6.07, 6.45) is 1.22. The zero-order chi connectivity index (χ0) is 26.0. The van der Waals surface area contributed by atoms with Crippen molar-refractivity contribution in [3.8, 4) is 5.75 Å². The van der Waals surface area contributed by atoms with Gasteiger partial charge in [0.2, 0.25) is 21.8 Å². The number of sulfonamides is 1. The number of carbonyl (C=O) groups is 2. The molecule has 0 unspecified atom stereocenters. The summed E-state index contributed by atoms with van der Waals surface area (Å²) in [6.45, 7) is 6.03. The van der Waals surface area contributed by atoms with Crippen molar-refractivity contribution in [1.82, 2.24) is 14.5 Å². The molecule has 0 aliphatic rings. The van der Waals surface area contributed by atoms with Crippen LogP contribution in [0.2, 0.25) is 0 Å². The molecule has 1 N–H and O–H groups in total. The Morgan fingerprint density at radius 3 is 2.37 bits per heavy atom. The van der Waals surface area contributed by atoms with Crippen molar-refractivity contribution in [2.75, 3.05) is 20.7 Å². The second-order valence-corrected chi connectivity index (χ2v) is 10.7. The number of hydrogen-bond donors (Lipinski definition) is 1. The third-order valence-corrected chi connectivity index (χ3v) is 7.84. The van der Waals surface area contributed by atoms with Gasteiger partial charge in [-0.2, -0.15) is 0 Å². The highest BCUT2D eigenvalue weighted by Gasteiger charge is 2.27. The van der Waals surface area contributed by atoms with E-state index >= 15 is 0 Å². The minimum Gasteiger partial charge on any atom is -0.497 e. The smallest absolute Gasteiger partial charge is 0.242 e. The molecule has 2 rings (SSSR count). The Labute approximate surface area is 209 Å². The minimum atomic E-state index is -3.63. The van der Waals surface area contributed by atoms with E-state index in [1.165, 1.54) is 16.3 Å². The molecule has 0 saturated carbocycles. The molecule has 2 aromatic rings. The van der Waals surface area contributed by atoms with Crippen LogP contribution in [0, 0.1) is 0 Å². The highest BCUT2D eigenvalue weighted by Crippen LogP contribution is 2.18. The number of nitrogens with one attached hydrogen (secondary N) is 1. The lowest BCUT2D eigenvalue weighted by molar-refractivity contribution is -0.141. The highest BCUT2D eigenvalue weighted by molar-refractivity contribution is 7.89. The SMILES string of the molecule is CC[C@H](C)NC(=O)[C@@H](C)N(Cc1cccc(OC)c1)C(=O)CCCN(C)S(=O)(=O)c1ccccc1. The first-order valence-electron chi connectivity index (χ1n) is 11.8. The van der Waals surface area contributed by atoms with E-state index in [2.05, 4.69) is 5.32 Å². The molecular weight excluding hydrogens is 466 g/mol. The first-order valence-corrected chi connectivity index (χ1v) is 13.3. The van der Waals surface area contributed by atoms with Gasteiger partial charge in [0.15, 0.2) is 0 Å². The molecule has 0 aromatic heterocycles. The van der Waals surface area contributed by atoms with Crippen LogP contribution < -0.4 is 10.1 Å². The van der Waals surface area contributed by atoms with Crippen LogP contribution in [-0.4, -0.2) is 62.2 Å². The van der Waals surface area contributed by atoms with Gasteiger partial charge in [0.25, 0.3) is 0 Å². The van der Waals surface area contributed by atoms with Gasteiger partial charge in [-0.3, -0.25) is 9.59 Å². The van der Waals surface area contributed by atoms with Crippen LogP contribution >= 0.6 is 0 Å². The van der Waals surface area contributed by atoms with Crippen molar-refractivity contribution >= 4 is 21.8 Å². The molecule has 2 amide bonds. The number of rotatable bonds is 13. The van der Waals surface area contributed by atoms with Crippen LogP contribution in [0.25, 0.3) is 0 Å². The second kappa shape index (κ2) is 13.3. The second-order valence-electron chi connectivity index (χ2n) is 8.61. The van der Waals surface area contributed by atoms with E-state index in [0.29, 0.717) is 12.2 Å². The molecule has 0 bridgehead atoms. The summed E-state index contributed by atoms with van der Waals surface area (Å²) in [7, 11) is -0.553. The summed E-state index contributed by atoms with van der Waals surface area (Å²) in [4.78, 5) is 27.8. The molecule has 8 nitrogen and oxygen atoms in total. The molecular formula is C26H37N3O5S. The average Bonchev–Trinajstić information content (AvgIpc) is 2.87. The Kier molecular flexibility index (Phi) is 10.7. The lowest BCUT2D eigenvalue weighted by Crippen LogP contribution is -2.49. The number of amides is 2. The Morgan fingerprint density at radius 1 is 1.06 bits per heavy atom. The topological polar surface area (TPSA) is 96.0 Å². The minimum absolute atomic E-state index is 0.00411. The normalized spacial score (nSPS) is 13.2. The van der Waals surface area contributed by atoms with Gasteiger partial charge in [-0.1, -0.05) is 37.3 Å². The molecule has 0 spiro atoms. The quantitative estimate of drug-likeness (QED) is 0.452. The van der Waals surface area contributed by atoms with Gasteiger partial charge in [-0.25, -0.2) is 12.7 Å². The number of carbonyl (C=O) groups excluding carboxylic acids is 2. The van der Waals surface area contributed by atoms with Gasteiger partial charge >= 0.3 is 0 Å². The zero-order valence-electron chi connectivity index (χ0n) is 21.2. The van der Waals surface area contributed by atoms with E-state index in [9.17, 15) is 18.0 Å².